The summed E-state index contributed by atoms with van der Waals surface area (Å²) in [6.07, 6.45) is 2.94. The highest BCUT2D eigenvalue weighted by Gasteiger charge is 1.80. The molecule has 0 fully saturated rings. The average Bonchev–Trinajstić information content (AvgIpc) is 2.41. The van der Waals surface area contributed by atoms with Gasteiger partial charge in [-0.3, -0.25) is 5.21 Å². The largest absolute Gasteiger partial charge is 0.293 e. The predicted octanol–water partition coefficient (Wildman–Crippen LogP) is -1.27. The third-order valence-electron chi connectivity index (χ3n) is 0.424. The fraction of sp³-hybridized carbons (Fsp3) is 0. The molecule has 0 aliphatic heterocycles. The molecule has 0 unspecified atom stereocenters. The number of nitro groups is 1. The molecule has 0 atom stereocenters. The van der Waals surface area contributed by atoms with Gasteiger partial charge in [-0.15, -0.1) is 0 Å². The quantitative estimate of drug-likeness (QED) is 0.364. The van der Waals surface area contributed by atoms with Crippen molar-refractivity contribution in [1.82, 2.24) is 21.4 Å². The molecule has 1 heterocycles. The molecule has 1 aromatic heterocycles. The molecule has 0 spiro atoms. The van der Waals surface area contributed by atoms with Gasteiger partial charge in [0, 0.05) is 0 Å². The molecule has 0 saturated heterocycles. The summed E-state index contributed by atoms with van der Waals surface area (Å²) in [6, 6.07) is 0. The third-order valence-corrected chi connectivity index (χ3v) is 0.424. The molecular weight excluding hydrogens is 158 g/mol. The Morgan fingerprint density at radius 2 is 2.09 bits per heavy atom. The van der Waals surface area contributed by atoms with Crippen LogP contribution in [0, 0.1) is 10.1 Å². The summed E-state index contributed by atoms with van der Waals surface area (Å²) in [7, 11) is 0. The van der Waals surface area contributed by atoms with Crippen LogP contribution in [0.1, 0.15) is 0 Å². The van der Waals surface area contributed by atoms with E-state index in [1.807, 2.05) is 0 Å². The zero-order valence-corrected chi connectivity index (χ0v) is 5.17. The second-order valence-electron chi connectivity index (χ2n) is 1.07. The Bertz CT molecular complexity index is 157. The summed E-state index contributed by atoms with van der Waals surface area (Å²) in [4.78, 5) is 9.07. The minimum Gasteiger partial charge on any atom is -0.293 e. The Morgan fingerprint density at radius 3 is 2.18 bits per heavy atom. The Labute approximate surface area is 60.0 Å². The number of hydrogen-bond acceptors (Lipinski definition) is 7. The van der Waals surface area contributed by atoms with Crippen LogP contribution in [-0.2, 0) is 0 Å². The van der Waals surface area contributed by atoms with Crippen LogP contribution in [0.4, 0.5) is 0 Å². The second kappa shape index (κ2) is 6.38. The summed E-state index contributed by atoms with van der Waals surface area (Å²) >= 11 is 0. The van der Waals surface area contributed by atoms with Crippen molar-refractivity contribution < 1.29 is 14.9 Å². The molecule has 0 aliphatic rings. The molecule has 0 saturated carbocycles. The lowest BCUT2D eigenvalue weighted by Crippen LogP contribution is -2.33. The van der Waals surface area contributed by atoms with E-state index in [1.165, 1.54) is 17.9 Å². The van der Waals surface area contributed by atoms with E-state index in [-0.39, 0.29) is 0 Å². The molecule has 11 heavy (non-hydrogen) atoms. The van der Waals surface area contributed by atoms with Crippen molar-refractivity contribution in [2.24, 2.45) is 0 Å². The monoisotopic (exact) mass is 163 g/mol. The van der Waals surface area contributed by atoms with E-state index in [2.05, 4.69) is 14.9 Å². The van der Waals surface area contributed by atoms with Crippen molar-refractivity contribution in [2.45, 2.75) is 0 Å². The van der Waals surface area contributed by atoms with Crippen LogP contribution in [-0.4, -0.2) is 20.6 Å². The molecular formula is C2H5N5O4. The number of hydrazine groups is 2. The first-order valence-corrected chi connectivity index (χ1v) is 2.28. The minimum absolute atomic E-state index is 0.931. The van der Waals surface area contributed by atoms with E-state index in [1.54, 1.807) is 0 Å². The van der Waals surface area contributed by atoms with Crippen LogP contribution in [0.25, 0.3) is 0 Å². The summed E-state index contributed by atoms with van der Waals surface area (Å²) in [5.41, 5.74) is 2.35. The van der Waals surface area contributed by atoms with Crippen LogP contribution >= 0.6 is 0 Å². The molecule has 3 N–H and O–H groups in total. The first kappa shape index (κ1) is 9.26. The maximum atomic E-state index is 9.07. The van der Waals surface area contributed by atoms with Crippen molar-refractivity contribution in [1.29, 1.82) is 0 Å². The van der Waals surface area contributed by atoms with Gasteiger partial charge >= 0.3 is 0 Å². The van der Waals surface area contributed by atoms with Gasteiger partial charge in [0.15, 0.2) is 5.03 Å². The van der Waals surface area contributed by atoms with Gasteiger partial charge in [-0.05, 0) is 5.53 Å². The van der Waals surface area contributed by atoms with Gasteiger partial charge in [-0.1, -0.05) is 15.9 Å². The van der Waals surface area contributed by atoms with E-state index in [0.29, 0.717) is 0 Å². The zero-order chi connectivity index (χ0) is 8.53. The number of nitrogens with zero attached hydrogens (tertiary/aromatic N) is 3. The highest BCUT2D eigenvalue weighted by molar-refractivity contribution is 4.51. The van der Waals surface area contributed by atoms with Crippen LogP contribution in [0.5, 0.6) is 0 Å². The van der Waals surface area contributed by atoms with Gasteiger partial charge < -0.3 is 0 Å². The van der Waals surface area contributed by atoms with Crippen LogP contribution in [0.3, 0.4) is 0 Å². The van der Waals surface area contributed by atoms with Crippen molar-refractivity contribution in [3.05, 3.63) is 22.5 Å². The fourth-order valence-electron chi connectivity index (χ4n) is 0.177. The lowest BCUT2D eigenvalue weighted by molar-refractivity contribution is -0.566. The van der Waals surface area contributed by atoms with Gasteiger partial charge in [-0.2, -0.15) is 0 Å². The Morgan fingerprint density at radius 1 is 1.55 bits per heavy atom. The Kier molecular flexibility index (Phi) is 5.37. The van der Waals surface area contributed by atoms with Gasteiger partial charge in [0.2, 0.25) is 0 Å². The van der Waals surface area contributed by atoms with E-state index in [4.69, 9.17) is 15.3 Å². The minimum atomic E-state index is -0.931. The zero-order valence-electron chi connectivity index (χ0n) is 5.17. The van der Waals surface area contributed by atoms with Crippen LogP contribution in [0.2, 0.25) is 0 Å². The smallest absolute Gasteiger partial charge is 0.175 e. The highest BCUT2D eigenvalue weighted by Crippen LogP contribution is 1.62. The molecule has 9 heteroatoms. The number of aromatic nitrogens is 2. The van der Waals surface area contributed by atoms with Crippen molar-refractivity contribution in [3.8, 4) is 0 Å². The lowest BCUT2D eigenvalue weighted by atomic mass is 11.0. The lowest BCUT2D eigenvalue weighted by Gasteiger charge is -1.84. The normalized spacial score (nSPS) is 7.73. The topological polar surface area (TPSA) is 126 Å². The first-order valence-electron chi connectivity index (χ1n) is 2.28. The van der Waals surface area contributed by atoms with E-state index in [9.17, 15) is 0 Å². The van der Waals surface area contributed by atoms with E-state index >= 15 is 0 Å². The summed E-state index contributed by atoms with van der Waals surface area (Å²) in [5.74, 6) is 0. The molecule has 9 nitrogen and oxygen atoms in total. The number of rotatable bonds is 2. The van der Waals surface area contributed by atoms with Gasteiger partial charge in [-0.25, -0.2) is 14.7 Å². The molecule has 1 rings (SSSR count). The number of hydrogen-bond donors (Lipinski definition) is 3. The maximum absolute atomic E-state index is 9.07. The molecule has 0 aliphatic carbocycles. The van der Waals surface area contributed by atoms with Crippen molar-refractivity contribution in [2.75, 3.05) is 0 Å². The molecule has 62 valence electrons. The molecule has 0 amide bonds. The SMILES string of the molecule is O=[N+]([O-])NNO.c1cnon1. The fourth-order valence-corrected chi connectivity index (χ4v) is 0.177. The van der Waals surface area contributed by atoms with Gasteiger partial charge in [0.1, 0.15) is 0 Å². The summed E-state index contributed by atoms with van der Waals surface area (Å²) < 4.78 is 4.08. The van der Waals surface area contributed by atoms with Crippen molar-refractivity contribution in [3.63, 3.8) is 0 Å². The standard InChI is InChI=1S/C2H2N2O.H3N3O3/c1-2-4-5-3-1;4-2-1-3(5)6/h1-2H;1-2,4H. The molecule has 0 bridgehead atoms. The summed E-state index contributed by atoms with van der Waals surface area (Å²) in [6.45, 7) is 0. The third kappa shape index (κ3) is 8.26. The second-order valence-corrected chi connectivity index (χ2v) is 1.07. The maximum Gasteiger partial charge on any atom is 0.175 e. The average molecular weight is 163 g/mol. The van der Waals surface area contributed by atoms with Crippen LogP contribution in [0.15, 0.2) is 17.0 Å². The molecule has 0 aromatic carbocycles. The molecule has 1 aromatic rings. The van der Waals surface area contributed by atoms with Crippen LogP contribution < -0.4 is 11.1 Å². The number of nitrogens with one attached hydrogen (secondary N) is 2. The molecule has 0 radical (unpaired) electrons. The van der Waals surface area contributed by atoms with Gasteiger partial charge in [0.05, 0.1) is 12.4 Å². The van der Waals surface area contributed by atoms with Crippen molar-refractivity contribution >= 4 is 0 Å². The van der Waals surface area contributed by atoms with Gasteiger partial charge in [0.25, 0.3) is 0 Å². The summed E-state index contributed by atoms with van der Waals surface area (Å²) in [5, 5.41) is 22.0. The van der Waals surface area contributed by atoms with E-state index < -0.39 is 5.03 Å². The first-order chi connectivity index (χ1) is 5.27. The predicted molar refractivity (Wildman–Crippen MR) is 29.4 cm³/mol. The highest BCUT2D eigenvalue weighted by atomic mass is 16.7. The van der Waals surface area contributed by atoms with E-state index in [0.717, 1.165) is 5.59 Å². The Hall–Kier alpha value is -1.74. The Balaban J connectivity index is 0.000000183.